The minimum Gasteiger partial charge on any atom is -0.490 e. The van der Waals surface area contributed by atoms with Crippen LogP contribution in [0.1, 0.15) is 31.4 Å². The van der Waals surface area contributed by atoms with Crippen molar-refractivity contribution >= 4 is 32.9 Å². The predicted octanol–water partition coefficient (Wildman–Crippen LogP) is 5.09. The third-order valence-electron chi connectivity index (χ3n) is 3.96. The number of nitrogens with zero attached hydrogens (tertiary/aromatic N) is 1. The molecule has 0 aliphatic heterocycles. The van der Waals surface area contributed by atoms with Crippen LogP contribution in [0.15, 0.2) is 49.9 Å². The maximum atomic E-state index is 12.4. The number of benzene rings is 1. The summed E-state index contributed by atoms with van der Waals surface area (Å²) < 4.78 is 17.6. The predicted molar refractivity (Wildman–Crippen MR) is 102 cm³/mol. The highest BCUT2D eigenvalue weighted by Crippen LogP contribution is 2.31. The first-order chi connectivity index (χ1) is 12.5. The molecule has 0 saturated heterocycles. The Kier molecular flexibility index (Phi) is 5.56. The molecule has 1 aromatic carbocycles. The molecule has 0 saturated carbocycles. The van der Waals surface area contributed by atoms with Crippen LogP contribution in [0.25, 0.3) is 11.0 Å². The number of furan rings is 2. The number of nitrogens with one attached hydrogen (secondary N) is 1. The van der Waals surface area contributed by atoms with Crippen molar-refractivity contribution in [2.45, 2.75) is 26.4 Å². The van der Waals surface area contributed by atoms with Gasteiger partial charge in [-0.2, -0.15) is 0 Å². The van der Waals surface area contributed by atoms with Crippen molar-refractivity contribution in [3.05, 3.63) is 52.6 Å². The average Bonchev–Trinajstić information content (AvgIpc) is 3.21. The molecule has 6 nitrogen and oxygen atoms in total. The topological polar surface area (TPSA) is 67.8 Å². The molecule has 7 heteroatoms. The minimum absolute atomic E-state index is 0.212. The van der Waals surface area contributed by atoms with Crippen LogP contribution in [0.3, 0.4) is 0 Å². The van der Waals surface area contributed by atoms with Crippen molar-refractivity contribution in [2.24, 2.45) is 0 Å². The first-order valence-corrected chi connectivity index (χ1v) is 9.18. The summed E-state index contributed by atoms with van der Waals surface area (Å²) >= 11 is 3.26. The summed E-state index contributed by atoms with van der Waals surface area (Å²) in [5.74, 6) is 2.08. The zero-order chi connectivity index (χ0) is 18.7. The van der Waals surface area contributed by atoms with Crippen LogP contribution in [0.2, 0.25) is 0 Å². The number of hydrogen-bond acceptors (Lipinski definition) is 4. The first kappa shape index (κ1) is 18.4. The Morgan fingerprint density at radius 3 is 2.81 bits per heavy atom. The molecule has 1 unspecified atom stereocenters. The molecule has 1 N–H and O–H groups in total. The van der Waals surface area contributed by atoms with Gasteiger partial charge < -0.3 is 23.8 Å². The van der Waals surface area contributed by atoms with E-state index in [1.54, 1.807) is 18.0 Å². The molecule has 0 spiro atoms. The molecule has 138 valence electrons. The molecule has 26 heavy (non-hydrogen) atoms. The Labute approximate surface area is 160 Å². The second kappa shape index (κ2) is 7.86. The minimum atomic E-state index is -0.282. The van der Waals surface area contributed by atoms with Gasteiger partial charge in [-0.05, 0) is 54.0 Å². The van der Waals surface area contributed by atoms with E-state index in [0.29, 0.717) is 40.7 Å². The normalized spacial score (nSPS) is 12.2. The number of hydrogen-bond donors (Lipinski definition) is 1. The number of urea groups is 1. The molecular weight excluding hydrogens is 400 g/mol. The van der Waals surface area contributed by atoms with Crippen LogP contribution in [-0.4, -0.2) is 24.6 Å². The van der Waals surface area contributed by atoms with Crippen LogP contribution in [-0.2, 0) is 6.54 Å². The van der Waals surface area contributed by atoms with E-state index < -0.39 is 0 Å². The highest BCUT2D eigenvalue weighted by molar-refractivity contribution is 9.10. The number of carbonyl (C=O) groups excluding carboxylic acids is 1. The fourth-order valence-corrected chi connectivity index (χ4v) is 2.99. The van der Waals surface area contributed by atoms with Gasteiger partial charge in [0.25, 0.3) is 0 Å². The summed E-state index contributed by atoms with van der Waals surface area (Å²) in [6.45, 7) is 4.75. The number of amides is 2. The number of halogens is 1. The standard InChI is InChI=1S/C19H21BrN2O4/c1-4-24-15-7-5-6-13-10-16(26-18(13)15)12(2)21-19(23)22(3)11-14-8-9-17(20)25-14/h5-10,12H,4,11H2,1-3H3,(H,21,23). The maximum absolute atomic E-state index is 12.4. The number of carbonyl (C=O) groups is 1. The van der Waals surface area contributed by atoms with Gasteiger partial charge in [-0.15, -0.1) is 0 Å². The smallest absolute Gasteiger partial charge is 0.318 e. The number of ether oxygens (including phenoxy) is 1. The molecule has 0 aliphatic carbocycles. The molecule has 3 rings (SSSR count). The van der Waals surface area contributed by atoms with Crippen molar-refractivity contribution in [1.29, 1.82) is 0 Å². The van der Waals surface area contributed by atoms with E-state index in [1.165, 1.54) is 0 Å². The Morgan fingerprint density at radius 1 is 1.31 bits per heavy atom. The van der Waals surface area contributed by atoms with E-state index in [2.05, 4.69) is 21.2 Å². The van der Waals surface area contributed by atoms with E-state index in [4.69, 9.17) is 13.6 Å². The summed E-state index contributed by atoms with van der Waals surface area (Å²) in [6, 6.07) is 10.8. The lowest BCUT2D eigenvalue weighted by atomic mass is 10.2. The second-order valence-corrected chi connectivity index (χ2v) is 6.77. The quantitative estimate of drug-likeness (QED) is 0.602. The van der Waals surface area contributed by atoms with Crippen LogP contribution >= 0.6 is 15.9 Å². The Balaban J connectivity index is 1.68. The third-order valence-corrected chi connectivity index (χ3v) is 4.39. The summed E-state index contributed by atoms with van der Waals surface area (Å²) in [4.78, 5) is 14.0. The fourth-order valence-electron chi connectivity index (χ4n) is 2.65. The summed E-state index contributed by atoms with van der Waals surface area (Å²) in [7, 11) is 1.71. The van der Waals surface area contributed by atoms with Gasteiger partial charge in [0.2, 0.25) is 0 Å². The SMILES string of the molecule is CCOc1cccc2cc(C(C)NC(=O)N(C)Cc3ccc(Br)o3)oc12. The zero-order valence-electron chi connectivity index (χ0n) is 14.9. The summed E-state index contributed by atoms with van der Waals surface area (Å²) in [5, 5.41) is 3.88. The van der Waals surface area contributed by atoms with E-state index in [0.717, 1.165) is 5.39 Å². The molecular formula is C19H21BrN2O4. The average molecular weight is 421 g/mol. The van der Waals surface area contributed by atoms with Crippen LogP contribution in [0, 0.1) is 0 Å². The van der Waals surface area contributed by atoms with Gasteiger partial charge in [0.15, 0.2) is 16.0 Å². The third kappa shape index (κ3) is 4.04. The van der Waals surface area contributed by atoms with Crippen molar-refractivity contribution in [3.8, 4) is 5.75 Å². The van der Waals surface area contributed by atoms with E-state index >= 15 is 0 Å². The van der Waals surface area contributed by atoms with Crippen molar-refractivity contribution in [3.63, 3.8) is 0 Å². The number of rotatable bonds is 6. The Hall–Kier alpha value is -2.41. The maximum Gasteiger partial charge on any atom is 0.318 e. The lowest BCUT2D eigenvalue weighted by molar-refractivity contribution is 0.198. The monoisotopic (exact) mass is 420 g/mol. The molecule has 0 fully saturated rings. The van der Waals surface area contributed by atoms with Gasteiger partial charge in [0, 0.05) is 12.4 Å². The van der Waals surface area contributed by atoms with Crippen LogP contribution < -0.4 is 10.1 Å². The van der Waals surface area contributed by atoms with Gasteiger partial charge in [0.05, 0.1) is 19.2 Å². The van der Waals surface area contributed by atoms with Crippen molar-refractivity contribution in [2.75, 3.05) is 13.7 Å². The van der Waals surface area contributed by atoms with Gasteiger partial charge in [-0.3, -0.25) is 0 Å². The van der Waals surface area contributed by atoms with Crippen LogP contribution in [0.5, 0.6) is 5.75 Å². The van der Waals surface area contributed by atoms with E-state index in [9.17, 15) is 4.79 Å². The van der Waals surface area contributed by atoms with Crippen molar-refractivity contribution < 1.29 is 18.4 Å². The first-order valence-electron chi connectivity index (χ1n) is 8.39. The molecule has 0 bridgehead atoms. The van der Waals surface area contributed by atoms with Gasteiger partial charge in [-0.25, -0.2) is 4.79 Å². The molecule has 2 amide bonds. The van der Waals surface area contributed by atoms with Gasteiger partial charge in [0.1, 0.15) is 11.5 Å². The van der Waals surface area contributed by atoms with E-state index in [1.807, 2.05) is 44.2 Å². The lowest BCUT2D eigenvalue weighted by Gasteiger charge is -2.19. The largest absolute Gasteiger partial charge is 0.490 e. The molecule has 3 aromatic rings. The van der Waals surface area contributed by atoms with E-state index in [-0.39, 0.29) is 12.1 Å². The Morgan fingerprint density at radius 2 is 2.12 bits per heavy atom. The summed E-state index contributed by atoms with van der Waals surface area (Å²) in [5.41, 5.74) is 0.694. The lowest BCUT2D eigenvalue weighted by Crippen LogP contribution is -2.38. The van der Waals surface area contributed by atoms with Crippen LogP contribution in [0.4, 0.5) is 4.79 Å². The highest BCUT2D eigenvalue weighted by Gasteiger charge is 2.19. The second-order valence-electron chi connectivity index (χ2n) is 5.99. The molecule has 2 aromatic heterocycles. The van der Waals surface area contributed by atoms with Gasteiger partial charge in [-0.1, -0.05) is 12.1 Å². The molecule has 1 atom stereocenters. The molecule has 0 radical (unpaired) electrons. The molecule has 0 aliphatic rings. The fraction of sp³-hybridized carbons (Fsp3) is 0.316. The van der Waals surface area contributed by atoms with Crippen molar-refractivity contribution in [1.82, 2.24) is 10.2 Å². The summed E-state index contributed by atoms with van der Waals surface area (Å²) in [6.07, 6.45) is 0. The Bertz CT molecular complexity index is 902. The molecule has 2 heterocycles. The zero-order valence-corrected chi connectivity index (χ0v) is 16.5. The van der Waals surface area contributed by atoms with Gasteiger partial charge >= 0.3 is 6.03 Å². The highest BCUT2D eigenvalue weighted by atomic mass is 79.9. The number of fused-ring (bicyclic) bond motifs is 1. The number of para-hydroxylation sites is 1.